The Hall–Kier alpha value is -3.36. The fourth-order valence-corrected chi connectivity index (χ4v) is 9.06. The van der Waals surface area contributed by atoms with Crippen LogP contribution in [0, 0.1) is 6.92 Å². The minimum absolute atomic E-state index is 0.00277. The van der Waals surface area contributed by atoms with Crippen LogP contribution in [0.4, 0.5) is 0 Å². The summed E-state index contributed by atoms with van der Waals surface area (Å²) in [6.07, 6.45) is -4.01. The van der Waals surface area contributed by atoms with Gasteiger partial charge in [-0.05, 0) is 67.1 Å². The molecule has 1 aliphatic rings. The normalized spacial score (nSPS) is 15.3. The van der Waals surface area contributed by atoms with Crippen molar-refractivity contribution in [2.75, 3.05) is 119 Å². The zero-order valence-electron chi connectivity index (χ0n) is 37.0. The smallest absolute Gasteiger partial charge is 0.252 e. The van der Waals surface area contributed by atoms with Crippen molar-refractivity contribution < 1.29 is 65.1 Å². The van der Waals surface area contributed by atoms with E-state index in [9.17, 15) is 36.6 Å². The number of aryl methyl sites for hydroxylation is 1. The molecule has 0 aromatic heterocycles. The van der Waals surface area contributed by atoms with Gasteiger partial charge in [0.1, 0.15) is 0 Å². The third-order valence-electron chi connectivity index (χ3n) is 9.91. The number of hydrogen-bond donors (Lipinski definition) is 6. The lowest BCUT2D eigenvalue weighted by molar-refractivity contribution is -0.146. The van der Waals surface area contributed by atoms with E-state index in [-0.39, 0.29) is 121 Å². The molecule has 19 nitrogen and oxygen atoms in total. The summed E-state index contributed by atoms with van der Waals surface area (Å²) in [6.45, 7) is 5.79. The predicted octanol–water partition coefficient (Wildman–Crippen LogP) is 1.19. The Bertz CT molecular complexity index is 2180. The largest absolute Gasteiger partial charge is 0.380 e. The molecule has 0 unspecified atom stereocenters. The van der Waals surface area contributed by atoms with Crippen molar-refractivity contribution in [1.29, 1.82) is 0 Å². The van der Waals surface area contributed by atoms with Gasteiger partial charge in [-0.25, -0.2) is 26.3 Å². The van der Waals surface area contributed by atoms with E-state index in [4.69, 9.17) is 51.6 Å². The minimum Gasteiger partial charge on any atom is -0.380 e. The van der Waals surface area contributed by atoms with Crippen molar-refractivity contribution >= 4 is 55.1 Å². The predicted molar refractivity (Wildman–Crippen MR) is 246 cm³/mol. The summed E-state index contributed by atoms with van der Waals surface area (Å²) >= 11 is 12.8. The van der Waals surface area contributed by atoms with Crippen LogP contribution in [0.25, 0.3) is 0 Å². The van der Waals surface area contributed by atoms with Crippen LogP contribution in [0.15, 0.2) is 70.5 Å². The SMILES string of the molecule is Cc1ccc(S(=O)(=O)NCCOCCOCCOCCNC(=O)[C@H](O)[C@@H](O)C(=O)NCCOCCOCCOCCNS(=O)(=O)c2ccc([C@@H]3CN(C)Cc4c(Cl)cc(Cl)cc43)cc2)cc1. The highest BCUT2D eigenvalue weighted by atomic mass is 35.5. The van der Waals surface area contributed by atoms with Gasteiger partial charge in [0.05, 0.1) is 89.1 Å². The monoisotopic (exact) mass is 1010 g/mol. The Kier molecular flexibility index (Phi) is 24.1. The first kappa shape index (κ1) is 55.2. The van der Waals surface area contributed by atoms with E-state index < -0.39 is 44.1 Å². The van der Waals surface area contributed by atoms with Crippen molar-refractivity contribution in [2.45, 2.75) is 41.4 Å². The van der Waals surface area contributed by atoms with Gasteiger partial charge in [-0.15, -0.1) is 0 Å². The van der Waals surface area contributed by atoms with Crippen molar-refractivity contribution in [3.8, 4) is 0 Å². The first-order valence-electron chi connectivity index (χ1n) is 21.3. The zero-order chi connectivity index (χ0) is 48.0. The molecule has 66 heavy (non-hydrogen) atoms. The number of fused-ring (bicyclic) bond motifs is 1. The summed E-state index contributed by atoms with van der Waals surface area (Å²) < 4.78 is 87.6. The van der Waals surface area contributed by atoms with E-state index >= 15 is 0 Å². The summed E-state index contributed by atoms with van der Waals surface area (Å²) in [6, 6.07) is 16.9. The molecule has 0 radical (unpaired) electrons. The lowest BCUT2D eigenvalue weighted by Gasteiger charge is -2.33. The summed E-state index contributed by atoms with van der Waals surface area (Å²) in [5, 5.41) is 26.1. The average molecular weight is 1010 g/mol. The number of halogens is 2. The van der Waals surface area contributed by atoms with Gasteiger partial charge in [0, 0.05) is 55.2 Å². The van der Waals surface area contributed by atoms with Crippen LogP contribution in [-0.2, 0) is 64.6 Å². The van der Waals surface area contributed by atoms with E-state index in [1.165, 1.54) is 12.1 Å². The number of likely N-dealkylation sites (N-methyl/N-ethyl adjacent to an activating group) is 1. The first-order chi connectivity index (χ1) is 31.6. The number of rotatable bonds is 32. The summed E-state index contributed by atoms with van der Waals surface area (Å²) in [5.41, 5.74) is 3.97. The highest BCUT2D eigenvalue weighted by Gasteiger charge is 2.30. The quantitative estimate of drug-likeness (QED) is 0.0481. The van der Waals surface area contributed by atoms with Crippen LogP contribution in [0.2, 0.25) is 10.0 Å². The molecule has 0 aliphatic carbocycles. The number of aliphatic hydroxyl groups excluding tert-OH is 2. The van der Waals surface area contributed by atoms with E-state index in [2.05, 4.69) is 25.0 Å². The number of amides is 2. The number of nitrogens with zero attached hydrogens (tertiary/aromatic N) is 1. The van der Waals surface area contributed by atoms with Gasteiger partial charge in [0.2, 0.25) is 20.0 Å². The molecule has 0 saturated heterocycles. The zero-order valence-corrected chi connectivity index (χ0v) is 40.2. The fourth-order valence-electron chi connectivity index (χ4n) is 6.46. The number of aliphatic hydroxyl groups is 2. The molecule has 0 saturated carbocycles. The molecular formula is C43H61Cl2N5O14S2. The van der Waals surface area contributed by atoms with Crippen LogP contribution < -0.4 is 20.1 Å². The highest BCUT2D eigenvalue weighted by Crippen LogP contribution is 2.38. The second-order valence-electron chi connectivity index (χ2n) is 15.0. The second kappa shape index (κ2) is 28.8. The van der Waals surface area contributed by atoms with Crippen molar-refractivity contribution in [3.05, 3.63) is 93.0 Å². The number of carbonyl (C=O) groups is 2. The molecule has 3 atom stereocenters. The Balaban J connectivity index is 0.924. The summed E-state index contributed by atoms with van der Waals surface area (Å²) in [7, 11) is -5.35. The molecule has 1 aliphatic heterocycles. The van der Waals surface area contributed by atoms with Gasteiger partial charge in [-0.2, -0.15) is 0 Å². The van der Waals surface area contributed by atoms with Crippen LogP contribution in [-0.4, -0.2) is 175 Å². The maximum Gasteiger partial charge on any atom is 0.252 e. The number of nitrogens with one attached hydrogen (secondary N) is 4. The van der Waals surface area contributed by atoms with Gasteiger partial charge in [0.25, 0.3) is 11.8 Å². The lowest BCUT2D eigenvalue weighted by atomic mass is 9.85. The van der Waals surface area contributed by atoms with Crippen molar-refractivity contribution in [2.24, 2.45) is 0 Å². The van der Waals surface area contributed by atoms with Crippen LogP contribution in [0.3, 0.4) is 0 Å². The van der Waals surface area contributed by atoms with Crippen LogP contribution >= 0.6 is 23.2 Å². The van der Waals surface area contributed by atoms with Gasteiger partial charge in [0.15, 0.2) is 12.2 Å². The maximum atomic E-state index is 12.9. The van der Waals surface area contributed by atoms with E-state index in [0.717, 1.165) is 28.8 Å². The van der Waals surface area contributed by atoms with Crippen LogP contribution in [0.1, 0.15) is 28.2 Å². The molecular weight excluding hydrogens is 946 g/mol. The topological polar surface area (TPSA) is 250 Å². The Morgan fingerprint density at radius 2 is 1.03 bits per heavy atom. The van der Waals surface area contributed by atoms with E-state index in [1.807, 2.05) is 32.2 Å². The van der Waals surface area contributed by atoms with E-state index in [0.29, 0.717) is 16.6 Å². The average Bonchev–Trinajstić information content (AvgIpc) is 3.29. The van der Waals surface area contributed by atoms with Gasteiger partial charge in [-0.3, -0.25) is 9.59 Å². The molecule has 6 N–H and O–H groups in total. The van der Waals surface area contributed by atoms with Crippen LogP contribution in [0.5, 0.6) is 0 Å². The van der Waals surface area contributed by atoms with Gasteiger partial charge in [-0.1, -0.05) is 53.0 Å². The number of carbonyl (C=O) groups excluding carboxylic acids is 2. The molecule has 368 valence electrons. The lowest BCUT2D eigenvalue weighted by Crippen LogP contribution is -2.50. The molecule has 23 heteroatoms. The summed E-state index contributed by atoms with van der Waals surface area (Å²) in [5.74, 6) is -1.92. The Labute approximate surface area is 396 Å². The Morgan fingerprint density at radius 1 is 0.636 bits per heavy atom. The van der Waals surface area contributed by atoms with Crippen molar-refractivity contribution in [3.63, 3.8) is 0 Å². The third kappa shape index (κ3) is 19.0. The molecule has 0 spiro atoms. The molecule has 1 heterocycles. The van der Waals surface area contributed by atoms with Crippen molar-refractivity contribution in [1.82, 2.24) is 25.0 Å². The fraction of sp³-hybridized carbons (Fsp3) is 0.535. The molecule has 0 bridgehead atoms. The highest BCUT2D eigenvalue weighted by molar-refractivity contribution is 7.89. The number of benzene rings is 3. The summed E-state index contributed by atoms with van der Waals surface area (Å²) in [4.78, 5) is 26.8. The number of hydrogen-bond acceptors (Lipinski definition) is 15. The molecule has 3 aromatic rings. The molecule has 0 fully saturated rings. The number of sulfonamides is 2. The second-order valence-corrected chi connectivity index (χ2v) is 19.4. The Morgan fingerprint density at radius 3 is 1.47 bits per heavy atom. The van der Waals surface area contributed by atoms with E-state index in [1.54, 1.807) is 30.3 Å². The standard InChI is InChI=1S/C43H61Cl2N5O14S2/c1-31-3-7-34(8-4-31)65(55,56)48-13-17-61-21-25-63-23-19-59-15-11-46-42(53)40(51)41(52)43(54)47-12-16-60-20-24-64-26-22-62-18-14-49-66(57,58)35-9-5-32(6-10-35)37-29-50(2)30-38-36(37)27-33(44)28-39(38)45/h3-10,27-28,37,40-41,48-49,51-52H,11-26,29-30H2,1-2H3,(H,46,53)(H,47,54)/t37-,40+,41+/m0/s1. The molecule has 3 aromatic carbocycles. The minimum atomic E-state index is -3.76. The van der Waals surface area contributed by atoms with Gasteiger partial charge >= 0.3 is 0 Å². The number of ether oxygens (including phenoxy) is 6. The van der Waals surface area contributed by atoms with Gasteiger partial charge < -0.3 is 54.2 Å². The molecule has 2 amide bonds. The maximum absolute atomic E-state index is 12.9. The third-order valence-corrected chi connectivity index (χ3v) is 13.4. The molecule has 4 rings (SSSR count). The first-order valence-corrected chi connectivity index (χ1v) is 25.0.